The molecule has 0 amide bonds. The van der Waals surface area contributed by atoms with Gasteiger partial charge >= 0.3 is 47.8 Å². The molecule has 0 radical (unpaired) electrons. The minimum Gasteiger partial charge on any atom is -0.478 e. The highest BCUT2D eigenvalue weighted by atomic mass is 16.5. The van der Waals surface area contributed by atoms with E-state index in [9.17, 15) is 58.8 Å². The Hall–Kier alpha value is -9.72. The summed E-state index contributed by atoms with van der Waals surface area (Å²) in [5.41, 5.74) is -3.18. The monoisotopic (exact) mass is 876 g/mol. The summed E-state index contributed by atoms with van der Waals surface area (Å²) < 4.78 is 22.2. The second kappa shape index (κ2) is 19.6. The summed E-state index contributed by atoms with van der Waals surface area (Å²) in [7, 11) is 0. The van der Waals surface area contributed by atoms with Gasteiger partial charge in [0.15, 0.2) is 0 Å². The zero-order chi connectivity index (χ0) is 46.8. The van der Waals surface area contributed by atoms with E-state index in [0.29, 0.717) is 23.0 Å². The van der Waals surface area contributed by atoms with E-state index in [2.05, 4.69) is 0 Å². The average molecular weight is 877 g/mol. The highest BCUT2D eigenvalue weighted by molar-refractivity contribution is 6.04. The molecule has 0 spiro atoms. The van der Waals surface area contributed by atoms with E-state index in [4.69, 9.17) is 39.4 Å². The zero-order valence-corrected chi connectivity index (χ0v) is 32.0. The van der Waals surface area contributed by atoms with E-state index in [0.717, 1.165) is 48.5 Å². The molecule has 8 N–H and O–H groups in total. The molecule has 6 aromatic rings. The van der Waals surface area contributed by atoms with Crippen molar-refractivity contribution in [2.45, 2.75) is 0 Å². The molecule has 6 rings (SSSR count). The summed E-state index contributed by atoms with van der Waals surface area (Å²) in [5, 5.41) is 72.9. The summed E-state index contributed by atoms with van der Waals surface area (Å²) in [6, 6.07) is 26.1. The predicted molar refractivity (Wildman–Crippen MR) is 215 cm³/mol. The van der Waals surface area contributed by atoms with Gasteiger partial charge in [-0.15, -0.1) is 0 Å². The summed E-state index contributed by atoms with van der Waals surface area (Å²) in [5.74, 6) is -9.54. The van der Waals surface area contributed by atoms with Gasteiger partial charge in [0.25, 0.3) is 0 Å². The molecule has 20 heteroatoms. The molecule has 6 aromatic carbocycles. The molecule has 0 saturated carbocycles. The van der Waals surface area contributed by atoms with E-state index >= 15 is 0 Å². The molecule has 0 aliphatic rings. The molecular formula is C44H28O20. The van der Waals surface area contributed by atoms with Crippen molar-refractivity contribution in [2.75, 3.05) is 0 Å². The van der Waals surface area contributed by atoms with E-state index < -0.39 is 70.0 Å². The van der Waals surface area contributed by atoms with Gasteiger partial charge in [0, 0.05) is 0 Å². The molecule has 0 unspecified atom stereocenters. The first kappa shape index (κ1) is 45.4. The van der Waals surface area contributed by atoms with Gasteiger partial charge in [-0.1, -0.05) is 0 Å². The topological polar surface area (TPSA) is 335 Å². The largest absolute Gasteiger partial charge is 0.478 e. The van der Waals surface area contributed by atoms with Crippen molar-refractivity contribution in [1.29, 1.82) is 0 Å². The standard InChI is InChI=1S/2C22H14O10/c2*23-19(24)15-7-5-13(9-17(15)21(27)28)31-11-1-2-12(4-3-11)32-14-6-8-16(20(25)26)18(10-14)22(29)30/h2*1-10H,(H,23,24)(H,25,26)(H,27,28)(H,29,30). The molecule has 0 fully saturated rings. The van der Waals surface area contributed by atoms with Gasteiger partial charge in [0.2, 0.25) is 0 Å². The Bertz CT molecular complexity index is 2460. The quantitative estimate of drug-likeness (QED) is 0.0454. The van der Waals surface area contributed by atoms with Crippen LogP contribution in [0, 0.1) is 0 Å². The van der Waals surface area contributed by atoms with Crippen LogP contribution in [0.1, 0.15) is 82.9 Å². The zero-order valence-electron chi connectivity index (χ0n) is 32.0. The number of benzene rings is 6. The molecule has 0 atom stereocenters. The van der Waals surface area contributed by atoms with Crippen molar-refractivity contribution < 1.29 is 98.2 Å². The van der Waals surface area contributed by atoms with Crippen LogP contribution in [-0.2, 0) is 0 Å². The molecule has 20 nitrogen and oxygen atoms in total. The van der Waals surface area contributed by atoms with Crippen molar-refractivity contribution in [3.8, 4) is 46.0 Å². The number of hydrogen-bond acceptors (Lipinski definition) is 12. The Labute approximate surface area is 357 Å². The lowest BCUT2D eigenvalue weighted by Crippen LogP contribution is -2.08. The minimum absolute atomic E-state index is 0.108. The second-order valence-corrected chi connectivity index (χ2v) is 12.6. The molecular weight excluding hydrogens is 848 g/mol. The molecule has 324 valence electrons. The molecule has 0 aromatic heterocycles. The van der Waals surface area contributed by atoms with Crippen molar-refractivity contribution in [1.82, 2.24) is 0 Å². The van der Waals surface area contributed by atoms with E-state index in [1.807, 2.05) is 0 Å². The van der Waals surface area contributed by atoms with Crippen molar-refractivity contribution in [2.24, 2.45) is 0 Å². The number of hydrogen-bond donors (Lipinski definition) is 8. The Morgan fingerprint density at radius 1 is 0.219 bits per heavy atom. The second-order valence-electron chi connectivity index (χ2n) is 12.6. The maximum Gasteiger partial charge on any atom is 0.336 e. The lowest BCUT2D eigenvalue weighted by molar-refractivity contribution is 0.0651. The van der Waals surface area contributed by atoms with Crippen LogP contribution in [0.5, 0.6) is 46.0 Å². The van der Waals surface area contributed by atoms with Crippen LogP contribution in [0.25, 0.3) is 0 Å². The highest BCUT2D eigenvalue weighted by Crippen LogP contribution is 2.31. The summed E-state index contributed by atoms with van der Waals surface area (Å²) in [4.78, 5) is 89.5. The maximum absolute atomic E-state index is 11.3. The van der Waals surface area contributed by atoms with Crippen LogP contribution in [0.3, 0.4) is 0 Å². The first-order chi connectivity index (χ1) is 30.3. The third-order valence-electron chi connectivity index (χ3n) is 8.40. The Morgan fingerprint density at radius 2 is 0.359 bits per heavy atom. The fraction of sp³-hybridized carbons (Fsp3) is 0. The van der Waals surface area contributed by atoms with Crippen molar-refractivity contribution in [3.63, 3.8) is 0 Å². The lowest BCUT2D eigenvalue weighted by Gasteiger charge is -2.10. The number of carbonyl (C=O) groups is 8. The molecule has 0 saturated heterocycles. The molecule has 0 heterocycles. The van der Waals surface area contributed by atoms with E-state index in [1.165, 1.54) is 72.8 Å². The predicted octanol–water partition coefficient (Wildman–Crippen LogP) is 8.13. The van der Waals surface area contributed by atoms with Gasteiger partial charge < -0.3 is 59.8 Å². The summed E-state index contributed by atoms with van der Waals surface area (Å²) >= 11 is 0. The number of rotatable bonds is 16. The average Bonchev–Trinajstić information content (AvgIpc) is 3.24. The van der Waals surface area contributed by atoms with Crippen LogP contribution in [0.4, 0.5) is 0 Å². The van der Waals surface area contributed by atoms with Crippen molar-refractivity contribution in [3.05, 3.63) is 166 Å². The fourth-order valence-corrected chi connectivity index (χ4v) is 5.50. The Morgan fingerprint density at radius 3 is 0.500 bits per heavy atom. The third kappa shape index (κ3) is 11.3. The minimum atomic E-state index is -1.41. The first-order valence-electron chi connectivity index (χ1n) is 17.6. The molecule has 0 bridgehead atoms. The Kier molecular flexibility index (Phi) is 13.9. The number of carboxylic acid groups (broad SMARTS) is 8. The van der Waals surface area contributed by atoms with Crippen LogP contribution in [0.2, 0.25) is 0 Å². The van der Waals surface area contributed by atoms with E-state index in [1.54, 1.807) is 0 Å². The van der Waals surface area contributed by atoms with Crippen LogP contribution >= 0.6 is 0 Å². The van der Waals surface area contributed by atoms with Gasteiger partial charge in [0.05, 0.1) is 44.5 Å². The smallest absolute Gasteiger partial charge is 0.336 e. The third-order valence-corrected chi connectivity index (χ3v) is 8.40. The van der Waals surface area contributed by atoms with Gasteiger partial charge in [-0.25, -0.2) is 38.4 Å². The van der Waals surface area contributed by atoms with Gasteiger partial charge in [-0.3, -0.25) is 0 Å². The van der Waals surface area contributed by atoms with Crippen LogP contribution in [-0.4, -0.2) is 88.6 Å². The summed E-state index contributed by atoms with van der Waals surface area (Å²) in [6.07, 6.45) is 0. The number of ether oxygens (including phenoxy) is 4. The molecule has 0 aliphatic heterocycles. The van der Waals surface area contributed by atoms with Gasteiger partial charge in [0.1, 0.15) is 46.0 Å². The molecule has 0 aliphatic carbocycles. The SMILES string of the molecule is O=C(O)c1ccc(Oc2ccc(Oc3ccc(C(=O)O)c(C(=O)O)c3)cc2)cc1C(=O)O.O=C(O)c1ccc(Oc2ccc(Oc3ccc(C(=O)O)c(C(=O)O)c3)cc2)cc1C(=O)O. The van der Waals surface area contributed by atoms with Crippen LogP contribution < -0.4 is 18.9 Å². The highest BCUT2D eigenvalue weighted by Gasteiger charge is 2.21. The summed E-state index contributed by atoms with van der Waals surface area (Å²) in [6.45, 7) is 0. The molecule has 64 heavy (non-hydrogen) atoms. The van der Waals surface area contributed by atoms with Crippen LogP contribution in [0.15, 0.2) is 121 Å². The Balaban J connectivity index is 0.000000241. The van der Waals surface area contributed by atoms with E-state index in [-0.39, 0.29) is 45.3 Å². The lowest BCUT2D eigenvalue weighted by atomic mass is 10.1. The van der Waals surface area contributed by atoms with Crippen molar-refractivity contribution >= 4 is 47.8 Å². The number of carboxylic acids is 8. The van der Waals surface area contributed by atoms with Gasteiger partial charge in [-0.2, -0.15) is 0 Å². The number of aromatic carboxylic acids is 8. The maximum atomic E-state index is 11.3. The first-order valence-corrected chi connectivity index (χ1v) is 17.6. The fourth-order valence-electron chi connectivity index (χ4n) is 5.50. The normalized spacial score (nSPS) is 10.2. The van der Waals surface area contributed by atoms with Gasteiger partial charge in [-0.05, 0) is 121 Å².